The number of nitrogen functional groups attached to an aromatic ring is 1. The van der Waals surface area contributed by atoms with Gasteiger partial charge in [0, 0.05) is 20.1 Å². The Bertz CT molecular complexity index is 507. The molecule has 2 amide bonds. The van der Waals surface area contributed by atoms with Crippen molar-refractivity contribution in [2.45, 2.75) is 6.92 Å². The number of rotatable bonds is 2. The van der Waals surface area contributed by atoms with Crippen molar-refractivity contribution in [3.63, 3.8) is 0 Å². The Morgan fingerprint density at radius 3 is 2.58 bits per heavy atom. The first-order chi connectivity index (χ1) is 9.06. The predicted molar refractivity (Wildman–Crippen MR) is 73.6 cm³/mol. The van der Waals surface area contributed by atoms with Crippen LogP contribution in [0.1, 0.15) is 25.6 Å². The van der Waals surface area contributed by atoms with Crippen LogP contribution in [0.5, 0.6) is 0 Å². The smallest absolute Gasteiger partial charge is 0.261 e. The summed E-state index contributed by atoms with van der Waals surface area (Å²) in [7, 11) is 1.56. The van der Waals surface area contributed by atoms with Crippen LogP contribution in [0, 0.1) is 6.92 Å². The van der Waals surface area contributed by atoms with Crippen molar-refractivity contribution in [2.24, 2.45) is 0 Å². The molecule has 0 saturated carbocycles. The molecule has 1 aromatic rings. The van der Waals surface area contributed by atoms with Gasteiger partial charge in [-0.3, -0.25) is 9.59 Å². The highest BCUT2D eigenvalue weighted by Crippen LogP contribution is 2.31. The summed E-state index contributed by atoms with van der Waals surface area (Å²) >= 11 is 1.15. The van der Waals surface area contributed by atoms with Crippen LogP contribution in [0.15, 0.2) is 0 Å². The summed E-state index contributed by atoms with van der Waals surface area (Å²) in [5, 5.41) is 2.95. The molecule has 0 unspecified atom stereocenters. The van der Waals surface area contributed by atoms with E-state index in [1.165, 1.54) is 0 Å². The number of thiophene rings is 1. The highest BCUT2D eigenvalue weighted by molar-refractivity contribution is 7.18. The maximum atomic E-state index is 12.4. The quantitative estimate of drug-likeness (QED) is 0.826. The molecule has 0 aliphatic carbocycles. The molecule has 0 aromatic carbocycles. The van der Waals surface area contributed by atoms with Gasteiger partial charge in [0.15, 0.2) is 0 Å². The molecule has 0 spiro atoms. The van der Waals surface area contributed by atoms with E-state index < -0.39 is 0 Å². The normalized spacial score (nSPS) is 15.4. The zero-order valence-electron chi connectivity index (χ0n) is 11.0. The zero-order chi connectivity index (χ0) is 14.0. The van der Waals surface area contributed by atoms with E-state index in [-0.39, 0.29) is 11.8 Å². The number of anilines is 1. The third-order valence-corrected chi connectivity index (χ3v) is 4.24. The van der Waals surface area contributed by atoms with E-state index in [4.69, 9.17) is 10.5 Å². The number of nitrogens with zero attached hydrogens (tertiary/aromatic N) is 1. The van der Waals surface area contributed by atoms with Crippen LogP contribution in [0.25, 0.3) is 0 Å². The fourth-order valence-electron chi connectivity index (χ4n) is 2.06. The summed E-state index contributed by atoms with van der Waals surface area (Å²) in [6.45, 7) is 3.95. The number of hydrogen-bond acceptors (Lipinski definition) is 5. The second-order valence-electron chi connectivity index (χ2n) is 4.28. The fourth-order valence-corrected chi connectivity index (χ4v) is 3.07. The minimum Gasteiger partial charge on any atom is -0.390 e. The van der Waals surface area contributed by atoms with Crippen molar-refractivity contribution in [3.05, 3.63) is 16.0 Å². The van der Waals surface area contributed by atoms with Gasteiger partial charge in [-0.2, -0.15) is 0 Å². The number of amides is 2. The number of morpholine rings is 1. The number of ether oxygens (including phenoxy) is 1. The molecule has 19 heavy (non-hydrogen) atoms. The molecule has 1 aliphatic rings. The summed E-state index contributed by atoms with van der Waals surface area (Å²) < 4.78 is 5.22. The van der Waals surface area contributed by atoms with Crippen molar-refractivity contribution < 1.29 is 14.3 Å². The van der Waals surface area contributed by atoms with E-state index >= 15 is 0 Å². The lowest BCUT2D eigenvalue weighted by atomic mass is 10.1. The van der Waals surface area contributed by atoms with Crippen molar-refractivity contribution in [1.29, 1.82) is 0 Å². The van der Waals surface area contributed by atoms with Crippen molar-refractivity contribution in [1.82, 2.24) is 10.2 Å². The molecule has 0 atom stereocenters. The van der Waals surface area contributed by atoms with Gasteiger partial charge in [0.25, 0.3) is 11.8 Å². The number of nitrogens with one attached hydrogen (secondary N) is 1. The largest absolute Gasteiger partial charge is 0.390 e. The molecule has 1 fully saturated rings. The molecule has 0 bridgehead atoms. The summed E-state index contributed by atoms with van der Waals surface area (Å²) in [6.07, 6.45) is 0. The minimum absolute atomic E-state index is 0.121. The molecule has 0 radical (unpaired) electrons. The Morgan fingerprint density at radius 1 is 1.37 bits per heavy atom. The van der Waals surface area contributed by atoms with Crippen molar-refractivity contribution in [3.8, 4) is 0 Å². The van der Waals surface area contributed by atoms with Gasteiger partial charge in [-0.15, -0.1) is 11.3 Å². The van der Waals surface area contributed by atoms with E-state index in [0.29, 0.717) is 47.3 Å². The first kappa shape index (κ1) is 13.8. The monoisotopic (exact) mass is 283 g/mol. The van der Waals surface area contributed by atoms with E-state index in [1.807, 2.05) is 0 Å². The molecule has 1 aromatic heterocycles. The van der Waals surface area contributed by atoms with Crippen molar-refractivity contribution >= 4 is 28.2 Å². The minimum atomic E-state index is -0.213. The standard InChI is InChI=1S/C12H17N3O3S/c1-7-8(10(13)19-9(7)11(16)14-2)12(17)15-3-5-18-6-4-15/h3-6,13H2,1-2H3,(H,14,16). The van der Waals surface area contributed by atoms with Gasteiger partial charge in [-0.05, 0) is 12.5 Å². The molecule has 1 aliphatic heterocycles. The fraction of sp³-hybridized carbons (Fsp3) is 0.500. The predicted octanol–water partition coefficient (Wildman–Crippen LogP) is 0.471. The third-order valence-electron chi connectivity index (χ3n) is 3.12. The Labute approximate surface area is 115 Å². The molecular formula is C12H17N3O3S. The van der Waals surface area contributed by atoms with Gasteiger partial charge in [-0.1, -0.05) is 0 Å². The number of hydrogen-bond donors (Lipinski definition) is 2. The first-order valence-corrected chi connectivity index (χ1v) is 6.86. The first-order valence-electron chi connectivity index (χ1n) is 6.04. The zero-order valence-corrected chi connectivity index (χ0v) is 11.8. The average molecular weight is 283 g/mol. The van der Waals surface area contributed by atoms with E-state index in [9.17, 15) is 9.59 Å². The van der Waals surface area contributed by atoms with Crippen LogP contribution in [-0.4, -0.2) is 50.1 Å². The van der Waals surface area contributed by atoms with E-state index in [0.717, 1.165) is 11.3 Å². The number of nitrogens with two attached hydrogens (primary N) is 1. The average Bonchev–Trinajstić information content (AvgIpc) is 2.73. The number of carbonyl (C=O) groups is 2. The van der Waals surface area contributed by atoms with E-state index in [1.54, 1.807) is 18.9 Å². The summed E-state index contributed by atoms with van der Waals surface area (Å²) in [5.74, 6) is -0.333. The lowest BCUT2D eigenvalue weighted by Gasteiger charge is -2.27. The SMILES string of the molecule is CNC(=O)c1sc(N)c(C(=O)N2CCOCC2)c1C. The highest BCUT2D eigenvalue weighted by Gasteiger charge is 2.27. The van der Waals surface area contributed by atoms with Crippen LogP contribution in [0.2, 0.25) is 0 Å². The number of carbonyl (C=O) groups excluding carboxylic acids is 2. The lowest BCUT2D eigenvalue weighted by molar-refractivity contribution is 0.0303. The molecule has 1 saturated heterocycles. The topological polar surface area (TPSA) is 84.7 Å². The summed E-state index contributed by atoms with van der Waals surface area (Å²) in [5.41, 5.74) is 7.00. The van der Waals surface area contributed by atoms with Crippen LogP contribution in [0.3, 0.4) is 0 Å². The second kappa shape index (κ2) is 5.58. The van der Waals surface area contributed by atoms with Gasteiger partial charge in [0.05, 0.1) is 28.7 Å². The Hall–Kier alpha value is -1.60. The molecule has 2 heterocycles. The second-order valence-corrected chi connectivity index (χ2v) is 5.33. The van der Waals surface area contributed by atoms with Crippen LogP contribution in [0.4, 0.5) is 5.00 Å². The maximum Gasteiger partial charge on any atom is 0.261 e. The Balaban J connectivity index is 2.31. The van der Waals surface area contributed by atoms with Crippen LogP contribution < -0.4 is 11.1 Å². The highest BCUT2D eigenvalue weighted by atomic mass is 32.1. The summed E-state index contributed by atoms with van der Waals surface area (Å²) in [6, 6.07) is 0. The van der Waals surface area contributed by atoms with Crippen molar-refractivity contribution in [2.75, 3.05) is 39.1 Å². The van der Waals surface area contributed by atoms with Gasteiger partial charge in [0.2, 0.25) is 0 Å². The summed E-state index contributed by atoms with van der Waals surface area (Å²) in [4.78, 5) is 26.3. The molecule has 2 rings (SSSR count). The van der Waals surface area contributed by atoms with Crippen LogP contribution >= 0.6 is 11.3 Å². The van der Waals surface area contributed by atoms with Gasteiger partial charge < -0.3 is 20.7 Å². The van der Waals surface area contributed by atoms with E-state index in [2.05, 4.69) is 5.32 Å². The molecule has 7 heteroatoms. The molecular weight excluding hydrogens is 266 g/mol. The molecule has 104 valence electrons. The van der Waals surface area contributed by atoms with Crippen LogP contribution in [-0.2, 0) is 4.74 Å². The third kappa shape index (κ3) is 2.57. The molecule has 3 N–H and O–H groups in total. The Kier molecular flexibility index (Phi) is 4.06. The van der Waals surface area contributed by atoms with Gasteiger partial charge in [-0.25, -0.2) is 0 Å². The maximum absolute atomic E-state index is 12.4. The van der Waals surface area contributed by atoms with Gasteiger partial charge in [0.1, 0.15) is 0 Å². The lowest BCUT2D eigenvalue weighted by Crippen LogP contribution is -2.41. The molecule has 6 nitrogen and oxygen atoms in total. The van der Waals surface area contributed by atoms with Gasteiger partial charge >= 0.3 is 0 Å². The Morgan fingerprint density at radius 2 is 2.00 bits per heavy atom.